The number of ether oxygens (including phenoxy) is 1. The van der Waals surface area contributed by atoms with E-state index < -0.39 is 14.6 Å². The van der Waals surface area contributed by atoms with Crippen molar-refractivity contribution in [1.29, 1.82) is 0 Å². The van der Waals surface area contributed by atoms with Crippen LogP contribution >= 0.6 is 8.53 Å². The molecule has 1 aliphatic rings. The van der Waals surface area contributed by atoms with Gasteiger partial charge in [0.15, 0.2) is 6.10 Å². The maximum absolute atomic E-state index is 13.1. The number of hydrogen-bond donors (Lipinski definition) is 0. The van der Waals surface area contributed by atoms with Gasteiger partial charge in [0.2, 0.25) is 0 Å². The standard InChI is InChI=1S/C28H32NO4P/c1-4-5-20-31-28(30)27-25-18-12-13-19-26(25)32-34(33-27)29(21(2)23-14-8-6-9-15-23)22(3)24-16-10-7-11-17-24/h6-19,21-22,27H,4-5,20H2,1-3H3/t21-,22-,27+,34?/m1/s1. The predicted molar refractivity (Wildman–Crippen MR) is 135 cm³/mol. The molecule has 0 aromatic heterocycles. The Morgan fingerprint density at radius 2 is 1.47 bits per heavy atom. The molecule has 0 aliphatic carbocycles. The number of carbonyl (C=O) groups excluding carboxylic acids is 1. The normalized spacial score (nSPS) is 19.1. The summed E-state index contributed by atoms with van der Waals surface area (Å²) in [5.41, 5.74) is 3.02. The second kappa shape index (κ2) is 11.6. The van der Waals surface area contributed by atoms with Crippen LogP contribution in [0.15, 0.2) is 84.9 Å². The minimum absolute atomic E-state index is 0.00968. The molecule has 0 N–H and O–H groups in total. The molecule has 0 bridgehead atoms. The van der Waals surface area contributed by atoms with E-state index in [4.69, 9.17) is 13.8 Å². The molecule has 0 saturated heterocycles. The van der Waals surface area contributed by atoms with Gasteiger partial charge in [-0.2, -0.15) is 0 Å². The third kappa shape index (κ3) is 5.50. The summed E-state index contributed by atoms with van der Waals surface area (Å²) in [7, 11) is -1.61. The molecule has 1 unspecified atom stereocenters. The van der Waals surface area contributed by atoms with Crippen LogP contribution in [0, 0.1) is 0 Å². The summed E-state index contributed by atoms with van der Waals surface area (Å²) >= 11 is 0. The Kier molecular flexibility index (Phi) is 8.34. The number of esters is 1. The van der Waals surface area contributed by atoms with E-state index in [2.05, 4.69) is 49.7 Å². The molecule has 0 spiro atoms. The lowest BCUT2D eigenvalue weighted by atomic mass is 10.0. The van der Waals surface area contributed by atoms with Crippen molar-refractivity contribution in [3.63, 3.8) is 0 Å². The highest BCUT2D eigenvalue weighted by atomic mass is 31.2. The summed E-state index contributed by atoms with van der Waals surface area (Å²) in [4.78, 5) is 13.1. The van der Waals surface area contributed by atoms with Crippen molar-refractivity contribution < 1.29 is 18.6 Å². The van der Waals surface area contributed by atoms with Crippen LogP contribution in [0.5, 0.6) is 5.75 Å². The number of carbonyl (C=O) groups is 1. The largest absolute Gasteiger partial charge is 0.463 e. The molecular weight excluding hydrogens is 445 g/mol. The summed E-state index contributed by atoms with van der Waals surface area (Å²) in [5.74, 6) is 0.305. The first-order chi connectivity index (χ1) is 16.6. The van der Waals surface area contributed by atoms with Crippen molar-refractivity contribution in [2.75, 3.05) is 6.61 Å². The molecule has 178 valence electrons. The Morgan fingerprint density at radius 1 is 0.912 bits per heavy atom. The molecule has 5 nitrogen and oxygen atoms in total. The van der Waals surface area contributed by atoms with E-state index in [0.29, 0.717) is 17.9 Å². The van der Waals surface area contributed by atoms with Crippen LogP contribution in [0.25, 0.3) is 0 Å². The molecule has 0 fully saturated rings. The number of unbranched alkanes of at least 4 members (excludes halogenated alkanes) is 1. The molecule has 0 amide bonds. The van der Waals surface area contributed by atoms with E-state index in [0.717, 1.165) is 24.0 Å². The fraction of sp³-hybridized carbons (Fsp3) is 0.321. The van der Waals surface area contributed by atoms with E-state index in [-0.39, 0.29) is 18.1 Å². The highest BCUT2D eigenvalue weighted by Gasteiger charge is 2.42. The number of rotatable bonds is 9. The molecule has 0 saturated carbocycles. The average Bonchev–Trinajstić information content (AvgIpc) is 2.89. The van der Waals surface area contributed by atoms with Crippen LogP contribution in [-0.2, 0) is 14.1 Å². The van der Waals surface area contributed by atoms with Crippen molar-refractivity contribution in [3.05, 3.63) is 102 Å². The molecule has 6 heteroatoms. The maximum Gasteiger partial charge on any atom is 0.340 e. The number of hydrogen-bond acceptors (Lipinski definition) is 5. The molecular formula is C28H32NO4P. The Hall–Kier alpha value is -2.72. The van der Waals surface area contributed by atoms with Gasteiger partial charge in [-0.1, -0.05) is 92.2 Å². The van der Waals surface area contributed by atoms with Crippen LogP contribution in [-0.4, -0.2) is 17.2 Å². The zero-order chi connectivity index (χ0) is 23.9. The van der Waals surface area contributed by atoms with Gasteiger partial charge in [0.05, 0.1) is 6.61 Å². The zero-order valence-corrected chi connectivity index (χ0v) is 20.9. The molecule has 1 heterocycles. The first kappa shape index (κ1) is 24.4. The maximum atomic E-state index is 13.1. The van der Waals surface area contributed by atoms with E-state index in [9.17, 15) is 4.79 Å². The summed E-state index contributed by atoms with van der Waals surface area (Å²) in [6.45, 7) is 6.76. The van der Waals surface area contributed by atoms with Crippen molar-refractivity contribution in [2.24, 2.45) is 0 Å². The summed E-state index contributed by atoms with van der Waals surface area (Å²) in [6.07, 6.45) is 0.969. The second-order valence-corrected chi connectivity index (χ2v) is 9.76. The van der Waals surface area contributed by atoms with Gasteiger partial charge in [-0.3, -0.25) is 4.52 Å². The van der Waals surface area contributed by atoms with E-state index in [1.165, 1.54) is 0 Å². The van der Waals surface area contributed by atoms with Gasteiger partial charge >= 0.3 is 14.5 Å². The molecule has 0 radical (unpaired) electrons. The topological polar surface area (TPSA) is 48.0 Å². The van der Waals surface area contributed by atoms with Gasteiger partial charge < -0.3 is 9.26 Å². The lowest BCUT2D eigenvalue weighted by Gasteiger charge is -2.41. The number of para-hydroxylation sites is 1. The Balaban J connectivity index is 1.69. The zero-order valence-electron chi connectivity index (χ0n) is 20.0. The first-order valence-corrected chi connectivity index (χ1v) is 13.0. The minimum atomic E-state index is -1.61. The SMILES string of the molecule is CCCCOC(=O)[C@H]1OP(N([C@H](C)c2ccccc2)[C@H](C)c2ccccc2)Oc2ccccc21. The van der Waals surface area contributed by atoms with Crippen LogP contribution in [0.2, 0.25) is 0 Å². The third-order valence-corrected chi connectivity index (χ3v) is 7.89. The fourth-order valence-electron chi connectivity index (χ4n) is 4.08. The van der Waals surface area contributed by atoms with Crippen LogP contribution < -0.4 is 4.52 Å². The fourth-order valence-corrected chi connectivity index (χ4v) is 5.88. The second-order valence-electron chi connectivity index (χ2n) is 8.43. The molecule has 3 aromatic rings. The minimum Gasteiger partial charge on any atom is -0.463 e. The van der Waals surface area contributed by atoms with E-state index in [1.807, 2.05) is 60.7 Å². The molecule has 4 rings (SSSR count). The average molecular weight is 478 g/mol. The summed E-state index contributed by atoms with van der Waals surface area (Å²) in [5, 5.41) is 0. The van der Waals surface area contributed by atoms with Crippen molar-refractivity contribution in [3.8, 4) is 5.75 Å². The summed E-state index contributed by atoms with van der Waals surface area (Å²) < 4.78 is 20.7. The molecule has 1 aliphatic heterocycles. The monoisotopic (exact) mass is 477 g/mol. The Bertz CT molecular complexity index is 1020. The Labute approximate surface area is 203 Å². The van der Waals surface area contributed by atoms with Crippen molar-refractivity contribution >= 4 is 14.5 Å². The molecule has 34 heavy (non-hydrogen) atoms. The highest BCUT2D eigenvalue weighted by Crippen LogP contribution is 2.59. The van der Waals surface area contributed by atoms with Gasteiger partial charge in [0, 0.05) is 17.6 Å². The quantitative estimate of drug-likeness (QED) is 0.181. The number of nitrogens with zero attached hydrogens (tertiary/aromatic N) is 1. The van der Waals surface area contributed by atoms with Gasteiger partial charge in [-0.15, -0.1) is 0 Å². The molecule has 4 atom stereocenters. The lowest BCUT2D eigenvalue weighted by Crippen LogP contribution is -2.32. The van der Waals surface area contributed by atoms with Crippen molar-refractivity contribution in [1.82, 2.24) is 4.67 Å². The van der Waals surface area contributed by atoms with Crippen molar-refractivity contribution in [2.45, 2.75) is 51.8 Å². The lowest BCUT2D eigenvalue weighted by molar-refractivity contribution is -0.153. The number of fused-ring (bicyclic) bond motifs is 1. The predicted octanol–water partition coefficient (Wildman–Crippen LogP) is 7.53. The smallest absolute Gasteiger partial charge is 0.340 e. The van der Waals surface area contributed by atoms with Crippen LogP contribution in [0.3, 0.4) is 0 Å². The van der Waals surface area contributed by atoms with E-state index in [1.54, 1.807) is 0 Å². The summed E-state index contributed by atoms with van der Waals surface area (Å²) in [6, 6.07) is 28.2. The van der Waals surface area contributed by atoms with Gasteiger partial charge in [0.25, 0.3) is 0 Å². The van der Waals surface area contributed by atoms with Gasteiger partial charge in [-0.05, 0) is 37.5 Å². The number of benzene rings is 3. The van der Waals surface area contributed by atoms with Crippen LogP contribution in [0.1, 0.15) is 68.5 Å². The van der Waals surface area contributed by atoms with E-state index >= 15 is 0 Å². The van der Waals surface area contributed by atoms with Gasteiger partial charge in [0.1, 0.15) is 5.75 Å². The Morgan fingerprint density at radius 3 is 2.06 bits per heavy atom. The first-order valence-electron chi connectivity index (χ1n) is 11.9. The molecule has 3 aromatic carbocycles. The van der Waals surface area contributed by atoms with Gasteiger partial charge in [-0.25, -0.2) is 9.46 Å². The third-order valence-electron chi connectivity index (χ3n) is 6.08. The van der Waals surface area contributed by atoms with Crippen LogP contribution in [0.4, 0.5) is 0 Å². The highest BCUT2D eigenvalue weighted by molar-refractivity contribution is 7.45.